The molecule has 0 aromatic heterocycles. The number of benzene rings is 2. The minimum Gasteiger partial charge on any atom is -0.480 e. The van der Waals surface area contributed by atoms with E-state index < -0.39 is 30.1 Å². The molecule has 1 aliphatic heterocycles. The molecule has 0 radical (unpaired) electrons. The largest absolute Gasteiger partial charge is 0.480 e. The number of carbonyl (C=O) groups excluding carboxylic acids is 1. The molecule has 1 heterocycles. The van der Waals surface area contributed by atoms with Crippen LogP contribution in [-0.2, 0) is 19.0 Å². The van der Waals surface area contributed by atoms with Crippen LogP contribution in [0.3, 0.4) is 0 Å². The average molecular weight is 522 g/mol. The van der Waals surface area contributed by atoms with Crippen molar-refractivity contribution < 1.29 is 42.1 Å². The minimum atomic E-state index is -4.65. The number of nitrogens with one attached hydrogen (secondary N) is 1. The first-order valence-electron chi connectivity index (χ1n) is 12.4. The van der Waals surface area contributed by atoms with Crippen LogP contribution >= 0.6 is 0 Å². The molecule has 0 saturated carbocycles. The number of rotatable bonds is 10. The van der Waals surface area contributed by atoms with Crippen molar-refractivity contribution in [1.29, 1.82) is 0 Å². The van der Waals surface area contributed by atoms with Gasteiger partial charge in [0, 0.05) is 12.3 Å². The van der Waals surface area contributed by atoms with Gasteiger partial charge in [-0.05, 0) is 41.5 Å². The van der Waals surface area contributed by atoms with E-state index in [4.69, 9.17) is 14.2 Å². The lowest BCUT2D eigenvalue weighted by Crippen LogP contribution is -2.52. The molecule has 1 fully saturated rings. The van der Waals surface area contributed by atoms with Gasteiger partial charge in [0.25, 0.3) is 5.79 Å². The van der Waals surface area contributed by atoms with Gasteiger partial charge in [-0.3, -0.25) is 0 Å². The van der Waals surface area contributed by atoms with Crippen molar-refractivity contribution >= 4 is 12.1 Å². The van der Waals surface area contributed by atoms with E-state index in [1.165, 1.54) is 0 Å². The molecule has 37 heavy (non-hydrogen) atoms. The first-order valence-corrected chi connectivity index (χ1v) is 12.4. The fraction of sp³-hybridized carbons (Fsp3) is 0.481. The summed E-state index contributed by atoms with van der Waals surface area (Å²) in [6.45, 7) is 0.00103. The van der Waals surface area contributed by atoms with Gasteiger partial charge in [-0.1, -0.05) is 61.4 Å². The zero-order valence-electron chi connectivity index (χ0n) is 20.3. The molecule has 0 bridgehead atoms. The Kier molecular flexibility index (Phi) is 8.39. The van der Waals surface area contributed by atoms with E-state index in [-0.39, 0.29) is 45.0 Å². The van der Waals surface area contributed by atoms with Gasteiger partial charge in [0.05, 0.1) is 13.2 Å². The van der Waals surface area contributed by atoms with Crippen LogP contribution in [0.15, 0.2) is 48.5 Å². The highest BCUT2D eigenvalue weighted by molar-refractivity contribution is 5.81. The van der Waals surface area contributed by atoms with Crippen molar-refractivity contribution in [3.8, 4) is 11.1 Å². The molecule has 200 valence electrons. The predicted molar refractivity (Wildman–Crippen MR) is 128 cm³/mol. The number of halogens is 3. The number of aliphatic carboxylic acids is 1. The van der Waals surface area contributed by atoms with Crippen LogP contribution in [0.5, 0.6) is 0 Å². The molecule has 10 heteroatoms. The minimum absolute atomic E-state index is 0.0232. The number of ether oxygens (including phenoxy) is 3. The van der Waals surface area contributed by atoms with Gasteiger partial charge in [-0.15, -0.1) is 0 Å². The van der Waals surface area contributed by atoms with Crippen molar-refractivity contribution in [2.75, 3.05) is 19.8 Å². The summed E-state index contributed by atoms with van der Waals surface area (Å²) in [4.78, 5) is 24.1. The van der Waals surface area contributed by atoms with Crippen LogP contribution in [0.1, 0.15) is 55.6 Å². The molecule has 2 aromatic carbocycles. The second-order valence-electron chi connectivity index (χ2n) is 9.26. The summed E-state index contributed by atoms with van der Waals surface area (Å²) in [5, 5.41) is 11.9. The number of hydrogen-bond donors (Lipinski definition) is 2. The summed E-state index contributed by atoms with van der Waals surface area (Å²) < 4.78 is 55.6. The third-order valence-corrected chi connectivity index (χ3v) is 6.82. The standard InChI is InChI=1S/C27H30F3NO6/c28-27(29,30)26(36-15-8-16-37-26)14-7-1-2-13-23(24(32)33)31-25(34)35-17-22-20-11-5-3-9-18(20)19-10-4-6-12-21(19)22/h3-6,9-12,22-23H,1-2,7-8,13-17H2,(H,31,34)(H,32,33)/t23-/m0/s1. The quantitative estimate of drug-likeness (QED) is 0.394. The van der Waals surface area contributed by atoms with Gasteiger partial charge in [-0.2, -0.15) is 13.2 Å². The maximum atomic E-state index is 13.4. The van der Waals surface area contributed by atoms with Gasteiger partial charge in [-0.25, -0.2) is 9.59 Å². The number of amides is 1. The zero-order valence-corrected chi connectivity index (χ0v) is 20.3. The van der Waals surface area contributed by atoms with E-state index in [2.05, 4.69) is 5.32 Å². The lowest BCUT2D eigenvalue weighted by atomic mass is 9.98. The highest BCUT2D eigenvalue weighted by Gasteiger charge is 2.58. The maximum absolute atomic E-state index is 13.4. The Morgan fingerprint density at radius 3 is 2.16 bits per heavy atom. The van der Waals surface area contributed by atoms with E-state index in [1.54, 1.807) is 0 Å². The van der Waals surface area contributed by atoms with E-state index in [1.807, 2.05) is 48.5 Å². The molecule has 0 spiro atoms. The molecular weight excluding hydrogens is 491 g/mol. The van der Waals surface area contributed by atoms with Crippen molar-refractivity contribution in [3.05, 3.63) is 59.7 Å². The van der Waals surface area contributed by atoms with Crippen LogP contribution < -0.4 is 5.32 Å². The highest BCUT2D eigenvalue weighted by atomic mass is 19.4. The Labute approximate surface area is 212 Å². The molecule has 1 atom stereocenters. The molecule has 2 N–H and O–H groups in total. The van der Waals surface area contributed by atoms with Crippen molar-refractivity contribution in [1.82, 2.24) is 5.32 Å². The smallest absolute Gasteiger partial charge is 0.443 e. The number of carboxylic acids is 1. The molecule has 1 amide bonds. The van der Waals surface area contributed by atoms with Gasteiger partial charge in [0.2, 0.25) is 0 Å². The van der Waals surface area contributed by atoms with Gasteiger partial charge in [0.1, 0.15) is 12.6 Å². The molecule has 2 aromatic rings. The van der Waals surface area contributed by atoms with Crippen LogP contribution in [0, 0.1) is 0 Å². The summed E-state index contributed by atoms with van der Waals surface area (Å²) in [6.07, 6.45) is -4.66. The number of alkyl carbamates (subject to hydrolysis) is 1. The second-order valence-corrected chi connectivity index (χ2v) is 9.26. The Balaban J connectivity index is 1.25. The molecule has 1 saturated heterocycles. The van der Waals surface area contributed by atoms with Crippen molar-refractivity contribution in [3.63, 3.8) is 0 Å². The molecule has 0 unspecified atom stereocenters. The number of unbranched alkanes of at least 4 members (excludes halogenated alkanes) is 2. The molecule has 1 aliphatic carbocycles. The van der Waals surface area contributed by atoms with Gasteiger partial charge in [0.15, 0.2) is 0 Å². The number of fused-ring (bicyclic) bond motifs is 3. The van der Waals surface area contributed by atoms with E-state index in [0.717, 1.165) is 22.3 Å². The topological polar surface area (TPSA) is 94.1 Å². The lowest BCUT2D eigenvalue weighted by molar-refractivity contribution is -0.398. The van der Waals surface area contributed by atoms with E-state index in [0.29, 0.717) is 19.3 Å². The normalized spacial score (nSPS) is 17.5. The van der Waals surface area contributed by atoms with Gasteiger partial charge >= 0.3 is 18.2 Å². The fourth-order valence-electron chi connectivity index (χ4n) is 4.95. The average Bonchev–Trinajstić information content (AvgIpc) is 3.20. The SMILES string of the molecule is O=C(N[C@@H](CCCCCC1(C(F)(F)F)OCCCO1)C(=O)O)OCC1c2ccccc2-c2ccccc21. The molecular formula is C27H30F3NO6. The molecule has 7 nitrogen and oxygen atoms in total. The summed E-state index contributed by atoms with van der Waals surface area (Å²) >= 11 is 0. The van der Waals surface area contributed by atoms with Crippen LogP contribution in [0.2, 0.25) is 0 Å². The van der Waals surface area contributed by atoms with Crippen molar-refractivity contribution in [2.45, 2.75) is 62.4 Å². The summed E-state index contributed by atoms with van der Waals surface area (Å²) in [6, 6.07) is 14.5. The highest BCUT2D eigenvalue weighted by Crippen LogP contribution is 2.44. The first-order chi connectivity index (χ1) is 17.7. The van der Waals surface area contributed by atoms with Crippen LogP contribution in [0.25, 0.3) is 11.1 Å². The number of carboxylic acid groups (broad SMARTS) is 1. The Morgan fingerprint density at radius 1 is 1.00 bits per heavy atom. The van der Waals surface area contributed by atoms with E-state index in [9.17, 15) is 27.9 Å². The summed E-state index contributed by atoms with van der Waals surface area (Å²) in [5.41, 5.74) is 4.22. The third kappa shape index (κ3) is 6.07. The number of alkyl halides is 3. The van der Waals surface area contributed by atoms with Gasteiger partial charge < -0.3 is 24.6 Å². The second kappa shape index (κ2) is 11.5. The third-order valence-electron chi connectivity index (χ3n) is 6.82. The number of hydrogen-bond acceptors (Lipinski definition) is 5. The summed E-state index contributed by atoms with van der Waals surface area (Å²) in [5.74, 6) is -4.00. The van der Waals surface area contributed by atoms with E-state index >= 15 is 0 Å². The van der Waals surface area contributed by atoms with Crippen LogP contribution in [0.4, 0.5) is 18.0 Å². The van der Waals surface area contributed by atoms with Crippen molar-refractivity contribution in [2.24, 2.45) is 0 Å². The molecule has 4 rings (SSSR count). The Morgan fingerprint density at radius 2 is 1.59 bits per heavy atom. The first kappa shape index (κ1) is 26.9. The monoisotopic (exact) mass is 521 g/mol. The predicted octanol–water partition coefficient (Wildman–Crippen LogP) is 5.62. The fourth-order valence-corrected chi connectivity index (χ4v) is 4.95. The Hall–Kier alpha value is -3.11. The summed E-state index contributed by atoms with van der Waals surface area (Å²) in [7, 11) is 0. The van der Waals surface area contributed by atoms with Crippen LogP contribution in [-0.4, -0.2) is 55.0 Å². The zero-order chi connectivity index (χ0) is 26.5. The molecule has 2 aliphatic rings. The maximum Gasteiger partial charge on any atom is 0.443 e. The Bertz CT molecular complexity index is 1050. The number of carbonyl (C=O) groups is 2. The lowest BCUT2D eigenvalue weighted by Gasteiger charge is -2.38.